The molecule has 6 heteroatoms. The van der Waals surface area contributed by atoms with Gasteiger partial charge in [-0.2, -0.15) is 0 Å². The molecule has 1 aliphatic rings. The van der Waals surface area contributed by atoms with Crippen molar-refractivity contribution in [1.29, 1.82) is 0 Å². The van der Waals surface area contributed by atoms with Crippen LogP contribution in [0.3, 0.4) is 0 Å². The van der Waals surface area contributed by atoms with Crippen molar-refractivity contribution in [3.05, 3.63) is 34.4 Å². The summed E-state index contributed by atoms with van der Waals surface area (Å²) in [6.07, 6.45) is 1.74. The van der Waals surface area contributed by atoms with Crippen LogP contribution in [0.15, 0.2) is 24.3 Å². The summed E-state index contributed by atoms with van der Waals surface area (Å²) in [5, 5.41) is 10.6. The van der Waals surface area contributed by atoms with Gasteiger partial charge in [0.15, 0.2) is 0 Å². The largest absolute Gasteiger partial charge is 0.469 e. The summed E-state index contributed by atoms with van der Waals surface area (Å²) in [4.78, 5) is 23.8. The highest BCUT2D eigenvalue weighted by molar-refractivity contribution is 5.73. The summed E-state index contributed by atoms with van der Waals surface area (Å²) < 4.78 is 4.77. The Balaban J connectivity index is 2.08. The molecule has 0 aliphatic carbocycles. The molecule has 1 heterocycles. The van der Waals surface area contributed by atoms with Crippen LogP contribution in [0.4, 0.5) is 11.4 Å². The minimum absolute atomic E-state index is 0.0743. The van der Waals surface area contributed by atoms with Crippen molar-refractivity contribution in [2.24, 2.45) is 5.92 Å². The first-order valence-electron chi connectivity index (χ1n) is 6.19. The number of carbonyl (C=O) groups excluding carboxylic acids is 1. The lowest BCUT2D eigenvalue weighted by Gasteiger charge is -2.33. The third kappa shape index (κ3) is 3.01. The second-order valence-corrected chi connectivity index (χ2v) is 4.58. The molecule has 0 N–H and O–H groups in total. The minimum atomic E-state index is -0.419. The fourth-order valence-electron chi connectivity index (χ4n) is 2.36. The highest BCUT2D eigenvalue weighted by atomic mass is 16.6. The third-order valence-electron chi connectivity index (χ3n) is 3.38. The maximum absolute atomic E-state index is 11.5. The molecule has 1 atom stereocenters. The van der Waals surface area contributed by atoms with Gasteiger partial charge in [-0.1, -0.05) is 0 Å². The van der Waals surface area contributed by atoms with Crippen LogP contribution < -0.4 is 4.90 Å². The number of nitrogens with zero attached hydrogens (tertiary/aromatic N) is 2. The van der Waals surface area contributed by atoms with Crippen LogP contribution in [-0.2, 0) is 9.53 Å². The van der Waals surface area contributed by atoms with Crippen molar-refractivity contribution in [2.45, 2.75) is 12.8 Å². The van der Waals surface area contributed by atoms with Crippen molar-refractivity contribution in [1.82, 2.24) is 0 Å². The van der Waals surface area contributed by atoms with Crippen molar-refractivity contribution in [3.63, 3.8) is 0 Å². The van der Waals surface area contributed by atoms with E-state index in [1.165, 1.54) is 19.2 Å². The number of hydrogen-bond acceptors (Lipinski definition) is 5. The predicted octanol–water partition coefficient (Wildman–Crippen LogP) is 1.98. The van der Waals surface area contributed by atoms with Gasteiger partial charge in [-0.25, -0.2) is 0 Å². The van der Waals surface area contributed by atoms with E-state index >= 15 is 0 Å². The first kappa shape index (κ1) is 13.3. The van der Waals surface area contributed by atoms with Gasteiger partial charge in [-0.3, -0.25) is 14.9 Å². The zero-order valence-corrected chi connectivity index (χ0v) is 10.7. The van der Waals surface area contributed by atoms with E-state index < -0.39 is 4.92 Å². The van der Waals surface area contributed by atoms with Crippen molar-refractivity contribution in [2.75, 3.05) is 25.1 Å². The van der Waals surface area contributed by atoms with Gasteiger partial charge in [-0.05, 0) is 25.0 Å². The van der Waals surface area contributed by atoms with Crippen LogP contribution in [0.1, 0.15) is 12.8 Å². The van der Waals surface area contributed by atoms with Crippen LogP contribution >= 0.6 is 0 Å². The Bertz CT molecular complexity index is 472. The molecule has 0 spiro atoms. The average molecular weight is 264 g/mol. The lowest BCUT2D eigenvalue weighted by atomic mass is 9.97. The molecule has 0 radical (unpaired) electrons. The summed E-state index contributed by atoms with van der Waals surface area (Å²) in [7, 11) is 1.40. The van der Waals surface area contributed by atoms with Gasteiger partial charge < -0.3 is 9.64 Å². The van der Waals surface area contributed by atoms with Gasteiger partial charge in [0.25, 0.3) is 5.69 Å². The smallest absolute Gasteiger partial charge is 0.310 e. The van der Waals surface area contributed by atoms with Crippen LogP contribution in [-0.4, -0.2) is 31.1 Å². The molecule has 1 aromatic carbocycles. The van der Waals surface area contributed by atoms with Crippen LogP contribution in [0.2, 0.25) is 0 Å². The van der Waals surface area contributed by atoms with E-state index in [4.69, 9.17) is 4.74 Å². The molecule has 19 heavy (non-hydrogen) atoms. The van der Waals surface area contributed by atoms with Crippen LogP contribution in [0.25, 0.3) is 0 Å². The number of benzene rings is 1. The molecule has 1 saturated heterocycles. The molecule has 6 nitrogen and oxygen atoms in total. The fraction of sp³-hybridized carbons (Fsp3) is 0.462. The minimum Gasteiger partial charge on any atom is -0.469 e. The van der Waals surface area contributed by atoms with E-state index in [0.717, 1.165) is 25.1 Å². The molecule has 2 rings (SSSR count). The monoisotopic (exact) mass is 264 g/mol. The third-order valence-corrected chi connectivity index (χ3v) is 3.38. The quantitative estimate of drug-likeness (QED) is 0.474. The Kier molecular flexibility index (Phi) is 3.99. The molecule has 102 valence electrons. The van der Waals surface area contributed by atoms with E-state index in [-0.39, 0.29) is 17.6 Å². The van der Waals surface area contributed by atoms with Gasteiger partial charge in [0, 0.05) is 30.9 Å². The Hall–Kier alpha value is -2.11. The van der Waals surface area contributed by atoms with Gasteiger partial charge in [0.05, 0.1) is 18.0 Å². The van der Waals surface area contributed by atoms with Crippen LogP contribution in [0.5, 0.6) is 0 Å². The number of esters is 1. The number of anilines is 1. The molecule has 0 amide bonds. The highest BCUT2D eigenvalue weighted by Crippen LogP contribution is 2.25. The Morgan fingerprint density at radius 2 is 2.11 bits per heavy atom. The van der Waals surface area contributed by atoms with E-state index in [0.29, 0.717) is 6.54 Å². The number of hydrogen-bond donors (Lipinski definition) is 0. The molecule has 1 aromatic rings. The van der Waals surface area contributed by atoms with E-state index in [1.807, 2.05) is 0 Å². The number of piperidine rings is 1. The number of nitro groups is 1. The Labute approximate surface area is 111 Å². The maximum Gasteiger partial charge on any atom is 0.310 e. The van der Waals surface area contributed by atoms with Gasteiger partial charge in [-0.15, -0.1) is 0 Å². The molecule has 1 aliphatic heterocycles. The van der Waals surface area contributed by atoms with E-state index in [9.17, 15) is 14.9 Å². The number of rotatable bonds is 3. The zero-order chi connectivity index (χ0) is 13.8. The maximum atomic E-state index is 11.5. The van der Waals surface area contributed by atoms with Gasteiger partial charge in [0.2, 0.25) is 0 Å². The lowest BCUT2D eigenvalue weighted by molar-refractivity contribution is -0.384. The number of ether oxygens (including phenoxy) is 1. The van der Waals surface area contributed by atoms with Gasteiger partial charge >= 0.3 is 5.97 Å². The van der Waals surface area contributed by atoms with Crippen molar-refractivity contribution in [3.8, 4) is 0 Å². The SMILES string of the molecule is COC(=O)[C@@H]1CCCN(c2ccc([N+](=O)[O-])cc2)C1. The summed E-state index contributed by atoms with van der Waals surface area (Å²) in [6.45, 7) is 1.45. The molecular weight excluding hydrogens is 248 g/mol. The summed E-state index contributed by atoms with van der Waals surface area (Å²) >= 11 is 0. The lowest BCUT2D eigenvalue weighted by Crippen LogP contribution is -2.39. The molecule has 1 fully saturated rings. The normalized spacial score (nSPS) is 19.0. The highest BCUT2D eigenvalue weighted by Gasteiger charge is 2.26. The van der Waals surface area contributed by atoms with Crippen molar-refractivity contribution < 1.29 is 14.5 Å². The summed E-state index contributed by atoms with van der Waals surface area (Å²) in [6, 6.07) is 6.41. The first-order valence-corrected chi connectivity index (χ1v) is 6.19. The Morgan fingerprint density at radius 3 is 2.68 bits per heavy atom. The number of non-ortho nitro benzene ring substituents is 1. The topological polar surface area (TPSA) is 72.7 Å². The number of carbonyl (C=O) groups is 1. The fourth-order valence-corrected chi connectivity index (χ4v) is 2.36. The predicted molar refractivity (Wildman–Crippen MR) is 70.0 cm³/mol. The van der Waals surface area contributed by atoms with E-state index in [2.05, 4.69) is 4.90 Å². The second kappa shape index (κ2) is 5.69. The molecule has 0 saturated carbocycles. The van der Waals surface area contributed by atoms with Crippen LogP contribution in [0, 0.1) is 16.0 Å². The van der Waals surface area contributed by atoms with Crippen molar-refractivity contribution >= 4 is 17.3 Å². The van der Waals surface area contributed by atoms with Gasteiger partial charge in [0.1, 0.15) is 0 Å². The summed E-state index contributed by atoms with van der Waals surface area (Å²) in [5.41, 5.74) is 0.976. The second-order valence-electron chi connectivity index (χ2n) is 4.58. The van der Waals surface area contributed by atoms with E-state index in [1.54, 1.807) is 12.1 Å². The first-order chi connectivity index (χ1) is 9.11. The molecule has 0 bridgehead atoms. The standard InChI is InChI=1S/C13H16N2O4/c1-19-13(16)10-3-2-8-14(9-10)11-4-6-12(7-5-11)15(17)18/h4-7,10H,2-3,8-9H2,1H3/t10-/m1/s1. The Morgan fingerprint density at radius 1 is 1.42 bits per heavy atom. The summed E-state index contributed by atoms with van der Waals surface area (Å²) in [5.74, 6) is -0.305. The molecule has 0 unspecified atom stereocenters. The zero-order valence-electron chi connectivity index (χ0n) is 10.7. The number of nitro benzene ring substituents is 1. The molecule has 0 aromatic heterocycles. The number of methoxy groups -OCH3 is 1. The molecular formula is C13H16N2O4. The average Bonchev–Trinajstić information content (AvgIpc) is 2.46.